The van der Waals surface area contributed by atoms with E-state index in [1.165, 1.54) is 12.3 Å². The van der Waals surface area contributed by atoms with Crippen molar-refractivity contribution in [2.45, 2.75) is 17.9 Å². The molecule has 2 N–H and O–H groups in total. The number of aromatic nitrogens is 1. The highest BCUT2D eigenvalue weighted by molar-refractivity contribution is 6.08. The molecule has 1 aromatic heterocycles. The SMILES string of the molecule is O=C(c1cc[nH]c(=O)c1)N1CCC2(C(=O)Nc3ccccc32)C1c1ccccc1. The number of likely N-dealkylation sites (tertiary alicyclic amines) is 1. The molecule has 29 heavy (non-hydrogen) atoms. The highest BCUT2D eigenvalue weighted by atomic mass is 16.2. The monoisotopic (exact) mass is 385 g/mol. The lowest BCUT2D eigenvalue weighted by molar-refractivity contribution is -0.121. The first-order valence-electron chi connectivity index (χ1n) is 9.57. The van der Waals surface area contributed by atoms with Gasteiger partial charge in [0, 0.05) is 30.1 Å². The lowest BCUT2D eigenvalue weighted by Gasteiger charge is -2.34. The van der Waals surface area contributed by atoms with Gasteiger partial charge >= 0.3 is 0 Å². The Hall–Kier alpha value is -3.67. The Morgan fingerprint density at radius 3 is 2.55 bits per heavy atom. The van der Waals surface area contributed by atoms with E-state index in [1.54, 1.807) is 11.0 Å². The number of aromatic amines is 1. The van der Waals surface area contributed by atoms with Gasteiger partial charge in [-0.15, -0.1) is 0 Å². The molecule has 2 amide bonds. The van der Waals surface area contributed by atoms with E-state index < -0.39 is 11.5 Å². The lowest BCUT2D eigenvalue weighted by Crippen LogP contribution is -2.42. The maximum absolute atomic E-state index is 13.4. The third kappa shape index (κ3) is 2.52. The maximum atomic E-state index is 13.4. The van der Waals surface area contributed by atoms with E-state index in [9.17, 15) is 14.4 Å². The molecule has 6 nitrogen and oxygen atoms in total. The summed E-state index contributed by atoms with van der Waals surface area (Å²) in [6.45, 7) is 0.424. The number of amides is 2. The molecule has 144 valence electrons. The highest BCUT2D eigenvalue weighted by Gasteiger charge is 2.59. The molecule has 2 atom stereocenters. The van der Waals surface area contributed by atoms with Crippen LogP contribution in [0, 0.1) is 0 Å². The Morgan fingerprint density at radius 2 is 1.76 bits per heavy atom. The number of pyridine rings is 1. The number of hydrogen-bond donors (Lipinski definition) is 2. The number of carbonyl (C=O) groups is 2. The summed E-state index contributed by atoms with van der Waals surface area (Å²) in [7, 11) is 0. The number of para-hydroxylation sites is 1. The Kier molecular flexibility index (Phi) is 3.87. The van der Waals surface area contributed by atoms with Crippen LogP contribution in [0.15, 0.2) is 77.7 Å². The second kappa shape index (κ2) is 6.44. The summed E-state index contributed by atoms with van der Waals surface area (Å²) in [6, 6.07) is 19.7. The standard InChI is InChI=1S/C23H19N3O3/c27-19-14-16(10-12-24-19)21(28)26-13-11-23(20(26)15-6-2-1-3-7-15)17-8-4-5-9-18(17)25-22(23)29/h1-10,12,14,20H,11,13H2,(H,24,27)(H,25,29). The second-order valence-electron chi connectivity index (χ2n) is 7.47. The van der Waals surface area contributed by atoms with Crippen LogP contribution in [0.5, 0.6) is 0 Å². The molecule has 1 spiro atoms. The van der Waals surface area contributed by atoms with Gasteiger partial charge in [0.15, 0.2) is 0 Å². The van der Waals surface area contributed by atoms with Crippen molar-refractivity contribution >= 4 is 17.5 Å². The Bertz CT molecular complexity index is 1170. The fourth-order valence-electron chi connectivity index (χ4n) is 4.75. The zero-order valence-electron chi connectivity index (χ0n) is 15.6. The van der Waals surface area contributed by atoms with Crippen LogP contribution in [-0.4, -0.2) is 28.2 Å². The fraction of sp³-hybridized carbons (Fsp3) is 0.174. The number of anilines is 1. The number of nitrogens with one attached hydrogen (secondary N) is 2. The van der Waals surface area contributed by atoms with Crippen molar-refractivity contribution in [2.75, 3.05) is 11.9 Å². The van der Waals surface area contributed by atoms with E-state index in [0.29, 0.717) is 18.5 Å². The van der Waals surface area contributed by atoms with Crippen LogP contribution in [0.2, 0.25) is 0 Å². The predicted octanol–water partition coefficient (Wildman–Crippen LogP) is 2.85. The van der Waals surface area contributed by atoms with E-state index in [-0.39, 0.29) is 17.4 Å². The largest absolute Gasteiger partial charge is 0.330 e. The molecule has 6 heteroatoms. The Labute approximate surface area is 167 Å². The van der Waals surface area contributed by atoms with Gasteiger partial charge in [0.2, 0.25) is 11.5 Å². The zero-order chi connectivity index (χ0) is 20.0. The molecule has 0 saturated carbocycles. The number of benzene rings is 2. The summed E-state index contributed by atoms with van der Waals surface area (Å²) < 4.78 is 0. The lowest BCUT2D eigenvalue weighted by atomic mass is 9.72. The average molecular weight is 385 g/mol. The molecule has 5 rings (SSSR count). The van der Waals surface area contributed by atoms with Crippen LogP contribution >= 0.6 is 0 Å². The van der Waals surface area contributed by atoms with E-state index >= 15 is 0 Å². The Balaban J connectivity index is 1.68. The van der Waals surface area contributed by atoms with E-state index in [4.69, 9.17) is 0 Å². The van der Waals surface area contributed by atoms with E-state index in [1.807, 2.05) is 54.6 Å². The summed E-state index contributed by atoms with van der Waals surface area (Å²) in [5.74, 6) is -0.340. The molecule has 1 fully saturated rings. The third-order valence-electron chi connectivity index (χ3n) is 5.98. The number of fused-ring (bicyclic) bond motifs is 2. The summed E-state index contributed by atoms with van der Waals surface area (Å²) in [4.78, 5) is 42.7. The summed E-state index contributed by atoms with van der Waals surface area (Å²) >= 11 is 0. The number of H-pyrrole nitrogens is 1. The van der Waals surface area contributed by atoms with Gasteiger partial charge < -0.3 is 15.2 Å². The number of hydrogen-bond acceptors (Lipinski definition) is 3. The van der Waals surface area contributed by atoms with Crippen LogP contribution in [0.3, 0.4) is 0 Å². The highest BCUT2D eigenvalue weighted by Crippen LogP contribution is 2.54. The van der Waals surface area contributed by atoms with Crippen LogP contribution in [0.1, 0.15) is 33.9 Å². The van der Waals surface area contributed by atoms with Crippen LogP contribution in [0.4, 0.5) is 5.69 Å². The molecule has 3 aromatic rings. The maximum Gasteiger partial charge on any atom is 0.254 e. The molecule has 3 heterocycles. The molecular weight excluding hydrogens is 366 g/mol. The van der Waals surface area contributed by atoms with Gasteiger partial charge in [-0.25, -0.2) is 0 Å². The third-order valence-corrected chi connectivity index (χ3v) is 5.98. The molecule has 2 unspecified atom stereocenters. The molecule has 0 radical (unpaired) electrons. The van der Waals surface area contributed by atoms with Gasteiger partial charge in [0.05, 0.1) is 6.04 Å². The first-order chi connectivity index (χ1) is 14.1. The molecule has 2 aromatic carbocycles. The summed E-state index contributed by atoms with van der Waals surface area (Å²) in [6.07, 6.45) is 1.99. The molecule has 2 aliphatic rings. The van der Waals surface area contributed by atoms with Crippen molar-refractivity contribution in [1.29, 1.82) is 0 Å². The molecule has 0 bridgehead atoms. The van der Waals surface area contributed by atoms with Gasteiger partial charge in [-0.3, -0.25) is 14.4 Å². The van der Waals surface area contributed by atoms with Crippen molar-refractivity contribution in [3.63, 3.8) is 0 Å². The van der Waals surface area contributed by atoms with Crippen molar-refractivity contribution in [3.8, 4) is 0 Å². The van der Waals surface area contributed by atoms with Gasteiger partial charge in [0.1, 0.15) is 5.41 Å². The Morgan fingerprint density at radius 1 is 1.00 bits per heavy atom. The minimum atomic E-state index is -0.852. The van der Waals surface area contributed by atoms with Crippen LogP contribution < -0.4 is 10.9 Å². The molecule has 1 saturated heterocycles. The van der Waals surface area contributed by atoms with Crippen LogP contribution in [0.25, 0.3) is 0 Å². The van der Waals surface area contributed by atoms with E-state index in [2.05, 4.69) is 10.3 Å². The fourth-order valence-corrected chi connectivity index (χ4v) is 4.75. The topological polar surface area (TPSA) is 82.3 Å². The van der Waals surface area contributed by atoms with Crippen molar-refractivity contribution in [1.82, 2.24) is 9.88 Å². The van der Waals surface area contributed by atoms with Gasteiger partial charge in [-0.2, -0.15) is 0 Å². The average Bonchev–Trinajstić information content (AvgIpc) is 3.28. The normalized spacial score (nSPS) is 22.6. The van der Waals surface area contributed by atoms with Gasteiger partial charge in [-0.1, -0.05) is 48.5 Å². The van der Waals surface area contributed by atoms with Crippen molar-refractivity contribution in [2.24, 2.45) is 0 Å². The number of nitrogens with zero attached hydrogens (tertiary/aromatic N) is 1. The summed E-state index contributed by atoms with van der Waals surface area (Å²) in [5, 5.41) is 3.01. The minimum absolute atomic E-state index is 0.0891. The molecule has 2 aliphatic heterocycles. The second-order valence-corrected chi connectivity index (χ2v) is 7.47. The van der Waals surface area contributed by atoms with Crippen molar-refractivity contribution < 1.29 is 9.59 Å². The first kappa shape index (κ1) is 17.4. The smallest absolute Gasteiger partial charge is 0.254 e. The zero-order valence-corrected chi connectivity index (χ0v) is 15.6. The number of carbonyl (C=O) groups excluding carboxylic acids is 2. The quantitative estimate of drug-likeness (QED) is 0.712. The van der Waals surface area contributed by atoms with Gasteiger partial charge in [0.25, 0.3) is 5.91 Å². The number of rotatable bonds is 2. The minimum Gasteiger partial charge on any atom is -0.330 e. The predicted molar refractivity (Wildman–Crippen MR) is 109 cm³/mol. The molecule has 0 aliphatic carbocycles. The van der Waals surface area contributed by atoms with Crippen molar-refractivity contribution in [3.05, 3.63) is 100.0 Å². The van der Waals surface area contributed by atoms with Crippen LogP contribution in [-0.2, 0) is 10.2 Å². The molecular formula is C23H19N3O3. The van der Waals surface area contributed by atoms with E-state index in [0.717, 1.165) is 16.8 Å². The first-order valence-corrected chi connectivity index (χ1v) is 9.57. The van der Waals surface area contributed by atoms with Gasteiger partial charge in [-0.05, 0) is 29.7 Å². The summed E-state index contributed by atoms with van der Waals surface area (Å²) in [5.41, 5.74) is 1.75.